The van der Waals surface area contributed by atoms with Crippen LogP contribution in [-0.2, 0) is 11.8 Å². The lowest BCUT2D eigenvalue weighted by molar-refractivity contribution is 0.103. The highest BCUT2D eigenvalue weighted by molar-refractivity contribution is 6.46. The smallest absolute Gasteiger partial charge is 0.410 e. The molecule has 0 saturated heterocycles. The molecule has 0 aliphatic heterocycles. The summed E-state index contributed by atoms with van der Waals surface area (Å²) in [7, 11) is 0. The van der Waals surface area contributed by atoms with Gasteiger partial charge in [0.2, 0.25) is 0 Å². The van der Waals surface area contributed by atoms with Gasteiger partial charge in [0.1, 0.15) is 11.5 Å². The Kier molecular flexibility index (Phi) is 7.45. The van der Waals surface area contributed by atoms with Gasteiger partial charge in [-0.1, -0.05) is 50.2 Å². The first-order chi connectivity index (χ1) is 14.6. The Morgan fingerprint density at radius 3 is 2.19 bits per heavy atom. The summed E-state index contributed by atoms with van der Waals surface area (Å²) in [6.07, 6.45) is 2.59. The van der Waals surface area contributed by atoms with Crippen LogP contribution in [0.15, 0.2) is 72.8 Å². The molecule has 0 aliphatic carbocycles. The molecule has 0 spiro atoms. The number of benzene rings is 3. The molecule has 0 saturated carbocycles. The van der Waals surface area contributed by atoms with Gasteiger partial charge in [0.05, 0.1) is 0 Å². The van der Waals surface area contributed by atoms with Crippen LogP contribution in [0.1, 0.15) is 37.8 Å². The molecule has 164 valence electrons. The highest BCUT2D eigenvalue weighted by Crippen LogP contribution is 2.33. The first-order valence-electron chi connectivity index (χ1n) is 10.00. The van der Waals surface area contributed by atoms with Crippen molar-refractivity contribution in [2.24, 2.45) is 0 Å². The Hall–Kier alpha value is -2.30. The summed E-state index contributed by atoms with van der Waals surface area (Å²) in [5.74, 6) is 0.687. The van der Waals surface area contributed by atoms with E-state index in [0.29, 0.717) is 5.75 Å². The van der Waals surface area contributed by atoms with E-state index in [1.165, 1.54) is 6.07 Å². The largest absolute Gasteiger partial charge is 0.454 e. The monoisotopic (exact) mass is 464 g/mol. The van der Waals surface area contributed by atoms with Gasteiger partial charge in [-0.2, -0.15) is 4.39 Å². The summed E-state index contributed by atoms with van der Waals surface area (Å²) in [4.78, 5) is 0. The zero-order valence-electron chi connectivity index (χ0n) is 17.4. The van der Waals surface area contributed by atoms with E-state index in [-0.39, 0.29) is 22.7 Å². The predicted molar refractivity (Wildman–Crippen MR) is 121 cm³/mol. The van der Waals surface area contributed by atoms with E-state index in [1.54, 1.807) is 36.4 Å². The van der Waals surface area contributed by atoms with Gasteiger partial charge in [0, 0.05) is 0 Å². The number of ether oxygens (including phenoxy) is 2. The predicted octanol–water partition coefficient (Wildman–Crippen LogP) is 8.36. The summed E-state index contributed by atoms with van der Waals surface area (Å²) in [5.41, 5.74) is 1.98. The zero-order chi connectivity index (χ0) is 22.5. The molecule has 0 aromatic heterocycles. The van der Waals surface area contributed by atoms with E-state index in [0.717, 1.165) is 30.4 Å². The van der Waals surface area contributed by atoms with Crippen LogP contribution in [0.3, 0.4) is 0 Å². The van der Waals surface area contributed by atoms with Gasteiger partial charge in [-0.15, -0.1) is 0 Å². The fraction of sp³-hybridized carbons (Fsp3) is 0.280. The van der Waals surface area contributed by atoms with E-state index in [4.69, 9.17) is 32.7 Å². The Morgan fingerprint density at radius 2 is 1.55 bits per heavy atom. The lowest BCUT2D eigenvalue weighted by Crippen LogP contribution is -2.18. The standard InChI is InChI=1S/C25H24Cl2F2O2/c1-24(2,19-11-13-21(14-12-19)31-25(26,27)29)16-6-7-18-10-15-22(28)23(17-18)30-20-8-4-3-5-9-20/h3-5,8-15,17H,6-7,16H2,1-2H3. The van der Waals surface area contributed by atoms with Crippen molar-refractivity contribution in [3.8, 4) is 17.2 Å². The molecule has 0 N–H and O–H groups in total. The van der Waals surface area contributed by atoms with Gasteiger partial charge >= 0.3 is 4.77 Å². The van der Waals surface area contributed by atoms with Crippen LogP contribution in [0.4, 0.5) is 8.78 Å². The Labute approximate surface area is 191 Å². The van der Waals surface area contributed by atoms with Crippen LogP contribution in [0, 0.1) is 5.82 Å². The van der Waals surface area contributed by atoms with Gasteiger partial charge in [0.25, 0.3) is 0 Å². The van der Waals surface area contributed by atoms with Crippen molar-refractivity contribution in [1.29, 1.82) is 0 Å². The minimum atomic E-state index is -2.75. The molecule has 0 fully saturated rings. The lowest BCUT2D eigenvalue weighted by atomic mass is 9.80. The average Bonchev–Trinajstić information content (AvgIpc) is 2.70. The summed E-state index contributed by atoms with van der Waals surface area (Å²) in [5, 5.41) is 0. The number of hydrogen-bond donors (Lipinski definition) is 0. The van der Waals surface area contributed by atoms with Crippen molar-refractivity contribution in [2.45, 2.75) is 43.3 Å². The molecule has 0 atom stereocenters. The van der Waals surface area contributed by atoms with Crippen LogP contribution in [0.2, 0.25) is 0 Å². The SMILES string of the molecule is CC(C)(CCCc1ccc(F)c(Oc2ccccc2)c1)c1ccc(OC(F)(Cl)Cl)cc1. The summed E-state index contributed by atoms with van der Waals surface area (Å²) in [6, 6.07) is 21.2. The summed E-state index contributed by atoms with van der Waals surface area (Å²) >= 11 is 10.5. The molecule has 3 aromatic rings. The van der Waals surface area contributed by atoms with Crippen LogP contribution in [0.5, 0.6) is 17.2 Å². The number of alkyl halides is 3. The maximum absolute atomic E-state index is 14.1. The van der Waals surface area contributed by atoms with Crippen molar-refractivity contribution in [1.82, 2.24) is 0 Å². The van der Waals surface area contributed by atoms with E-state index in [1.807, 2.05) is 30.3 Å². The third kappa shape index (κ3) is 7.12. The highest BCUT2D eigenvalue weighted by atomic mass is 35.5. The molecule has 0 amide bonds. The van der Waals surface area contributed by atoms with Crippen molar-refractivity contribution >= 4 is 23.2 Å². The molecular formula is C25H24Cl2F2O2. The number of rotatable bonds is 9. The van der Waals surface area contributed by atoms with Crippen LogP contribution < -0.4 is 9.47 Å². The molecule has 0 bridgehead atoms. The molecule has 0 radical (unpaired) electrons. The third-order valence-electron chi connectivity index (χ3n) is 5.10. The van der Waals surface area contributed by atoms with E-state index in [9.17, 15) is 8.78 Å². The van der Waals surface area contributed by atoms with Gasteiger partial charge in [-0.25, -0.2) is 4.39 Å². The average molecular weight is 465 g/mol. The first-order valence-corrected chi connectivity index (χ1v) is 10.8. The van der Waals surface area contributed by atoms with Gasteiger partial charge < -0.3 is 9.47 Å². The molecule has 31 heavy (non-hydrogen) atoms. The second kappa shape index (κ2) is 9.88. The zero-order valence-corrected chi connectivity index (χ0v) is 18.9. The van der Waals surface area contributed by atoms with Crippen LogP contribution >= 0.6 is 23.2 Å². The number of para-hydroxylation sites is 1. The van der Waals surface area contributed by atoms with Crippen molar-refractivity contribution < 1.29 is 18.3 Å². The third-order valence-corrected chi connectivity index (χ3v) is 5.26. The highest BCUT2D eigenvalue weighted by Gasteiger charge is 2.25. The second-order valence-corrected chi connectivity index (χ2v) is 9.16. The number of hydrogen-bond acceptors (Lipinski definition) is 2. The molecule has 6 heteroatoms. The van der Waals surface area contributed by atoms with E-state index in [2.05, 4.69) is 13.8 Å². The normalized spacial score (nSPS) is 11.9. The minimum Gasteiger partial charge on any atom is -0.454 e. The Balaban J connectivity index is 1.59. The summed E-state index contributed by atoms with van der Waals surface area (Å²) in [6.45, 7) is 4.28. The minimum absolute atomic E-state index is 0.114. The second-order valence-electron chi connectivity index (χ2n) is 7.99. The quantitative estimate of drug-likeness (QED) is 0.296. The lowest BCUT2D eigenvalue weighted by Gasteiger charge is -2.26. The molecule has 2 nitrogen and oxygen atoms in total. The van der Waals surface area contributed by atoms with E-state index >= 15 is 0 Å². The van der Waals surface area contributed by atoms with Gasteiger partial charge in [-0.05, 0) is 95.4 Å². The molecule has 0 heterocycles. The molecule has 3 rings (SSSR count). The number of aryl methyl sites for hydroxylation is 1. The fourth-order valence-corrected chi connectivity index (χ4v) is 3.56. The Morgan fingerprint density at radius 1 is 0.871 bits per heavy atom. The maximum atomic E-state index is 14.1. The van der Waals surface area contributed by atoms with E-state index < -0.39 is 4.77 Å². The topological polar surface area (TPSA) is 18.5 Å². The van der Waals surface area contributed by atoms with Crippen molar-refractivity contribution in [3.05, 3.63) is 89.7 Å². The molecule has 3 aromatic carbocycles. The van der Waals surface area contributed by atoms with Gasteiger partial charge in [-0.3, -0.25) is 0 Å². The first kappa shape index (κ1) is 23.4. The van der Waals surface area contributed by atoms with Crippen LogP contribution in [0.25, 0.3) is 0 Å². The maximum Gasteiger partial charge on any atom is 0.410 e. The number of halogens is 4. The molecule has 0 unspecified atom stereocenters. The van der Waals surface area contributed by atoms with Crippen molar-refractivity contribution in [3.63, 3.8) is 0 Å². The fourth-order valence-electron chi connectivity index (χ4n) is 3.38. The van der Waals surface area contributed by atoms with Crippen molar-refractivity contribution in [2.75, 3.05) is 0 Å². The van der Waals surface area contributed by atoms with Crippen LogP contribution in [-0.4, -0.2) is 4.77 Å². The Bertz CT molecular complexity index is 985. The molecule has 0 aliphatic rings. The molecular weight excluding hydrogens is 441 g/mol. The summed E-state index contributed by atoms with van der Waals surface area (Å²) < 4.78 is 35.1. The van der Waals surface area contributed by atoms with Gasteiger partial charge in [0.15, 0.2) is 11.6 Å².